The minimum absolute atomic E-state index is 0.121. The van der Waals surface area contributed by atoms with Gasteiger partial charge in [0.05, 0.1) is 11.1 Å². The molecular weight excluding hydrogens is 311 g/mol. The molecule has 0 heterocycles. The Morgan fingerprint density at radius 3 is 2.48 bits per heavy atom. The number of hydrogen-bond acceptors (Lipinski definition) is 2. The average Bonchev–Trinajstić information content (AvgIpc) is 2.36. The smallest absolute Gasteiger partial charge is 0.417 e. The molecule has 8 heteroatoms. The van der Waals surface area contributed by atoms with Crippen LogP contribution >= 0.6 is 11.6 Å². The van der Waals surface area contributed by atoms with Gasteiger partial charge in [-0.2, -0.15) is 13.2 Å². The van der Waals surface area contributed by atoms with Crippen LogP contribution < -0.4 is 5.32 Å². The van der Waals surface area contributed by atoms with E-state index in [9.17, 15) is 22.8 Å². The Kier molecular flexibility index (Phi) is 5.60. The van der Waals surface area contributed by atoms with Gasteiger partial charge < -0.3 is 10.4 Å². The molecule has 0 fully saturated rings. The van der Waals surface area contributed by atoms with Crippen molar-refractivity contribution in [2.24, 2.45) is 0 Å². The largest absolute Gasteiger partial charge is 0.480 e. The van der Waals surface area contributed by atoms with Gasteiger partial charge in [0.1, 0.15) is 6.04 Å². The highest BCUT2D eigenvalue weighted by Gasteiger charge is 2.36. The van der Waals surface area contributed by atoms with Crippen LogP contribution in [0.1, 0.15) is 35.7 Å². The van der Waals surface area contributed by atoms with Crippen LogP contribution in [0.3, 0.4) is 0 Å². The first kappa shape index (κ1) is 17.3. The fourth-order valence-corrected chi connectivity index (χ4v) is 1.90. The molecule has 1 aromatic rings. The fourth-order valence-electron chi connectivity index (χ4n) is 1.73. The van der Waals surface area contributed by atoms with Gasteiger partial charge in [0.25, 0.3) is 5.91 Å². The van der Waals surface area contributed by atoms with Gasteiger partial charge in [-0.1, -0.05) is 24.9 Å². The first-order valence-electron chi connectivity index (χ1n) is 6.07. The number of nitrogens with one attached hydrogen (secondary N) is 1. The lowest BCUT2D eigenvalue weighted by molar-refractivity contribution is -0.139. The Morgan fingerprint density at radius 2 is 2.00 bits per heavy atom. The topological polar surface area (TPSA) is 66.4 Å². The lowest BCUT2D eigenvalue weighted by Crippen LogP contribution is -2.41. The first-order valence-corrected chi connectivity index (χ1v) is 6.45. The molecule has 1 atom stereocenters. The average molecular weight is 324 g/mol. The monoisotopic (exact) mass is 323 g/mol. The standard InChI is InChI=1S/C13H13ClF3NO3/c1-2-3-10(12(20)21)18-11(19)8-5-4-7(14)6-9(8)13(15,16)17/h4-6,10H,2-3H2,1H3,(H,18,19)(H,20,21). The second kappa shape index (κ2) is 6.80. The maximum atomic E-state index is 12.9. The Balaban J connectivity index is 3.10. The van der Waals surface area contributed by atoms with E-state index in [4.69, 9.17) is 16.7 Å². The molecule has 0 radical (unpaired) electrons. The van der Waals surface area contributed by atoms with Crippen LogP contribution in [0.25, 0.3) is 0 Å². The highest BCUT2D eigenvalue weighted by molar-refractivity contribution is 6.30. The normalized spacial score (nSPS) is 12.8. The zero-order chi connectivity index (χ0) is 16.2. The van der Waals surface area contributed by atoms with Crippen LogP contribution in [0.5, 0.6) is 0 Å². The molecule has 0 bridgehead atoms. The van der Waals surface area contributed by atoms with E-state index in [0.29, 0.717) is 12.5 Å². The van der Waals surface area contributed by atoms with Crippen molar-refractivity contribution in [2.45, 2.75) is 32.0 Å². The Hall–Kier alpha value is -1.76. The maximum absolute atomic E-state index is 12.9. The molecule has 0 spiro atoms. The molecule has 4 nitrogen and oxygen atoms in total. The number of amides is 1. The summed E-state index contributed by atoms with van der Waals surface area (Å²) in [4.78, 5) is 22.8. The van der Waals surface area contributed by atoms with Crippen LogP contribution in [0.15, 0.2) is 18.2 Å². The van der Waals surface area contributed by atoms with E-state index in [-0.39, 0.29) is 11.4 Å². The van der Waals surface area contributed by atoms with Gasteiger partial charge >= 0.3 is 12.1 Å². The van der Waals surface area contributed by atoms with Crippen molar-refractivity contribution < 1.29 is 27.9 Å². The number of carbonyl (C=O) groups excluding carboxylic acids is 1. The number of rotatable bonds is 5. The van der Waals surface area contributed by atoms with Gasteiger partial charge in [-0.3, -0.25) is 4.79 Å². The fraction of sp³-hybridized carbons (Fsp3) is 0.385. The minimum Gasteiger partial charge on any atom is -0.480 e. The molecule has 21 heavy (non-hydrogen) atoms. The molecule has 1 rings (SSSR count). The molecule has 116 valence electrons. The lowest BCUT2D eigenvalue weighted by Gasteiger charge is -2.16. The number of benzene rings is 1. The highest BCUT2D eigenvalue weighted by atomic mass is 35.5. The number of carboxylic acids is 1. The minimum atomic E-state index is -4.76. The number of carboxylic acid groups (broad SMARTS) is 1. The molecule has 1 aromatic carbocycles. The summed E-state index contributed by atoms with van der Waals surface area (Å²) in [6.07, 6.45) is -4.18. The summed E-state index contributed by atoms with van der Waals surface area (Å²) in [5.74, 6) is -2.40. The van der Waals surface area contributed by atoms with Gasteiger partial charge in [-0.05, 0) is 24.6 Å². The molecule has 1 amide bonds. The maximum Gasteiger partial charge on any atom is 0.417 e. The Morgan fingerprint density at radius 1 is 1.38 bits per heavy atom. The Bertz CT molecular complexity index is 546. The number of alkyl halides is 3. The summed E-state index contributed by atoms with van der Waals surface area (Å²) in [6, 6.07) is 1.46. The SMILES string of the molecule is CCCC(NC(=O)c1ccc(Cl)cc1C(F)(F)F)C(=O)O. The van der Waals surface area contributed by atoms with Crippen molar-refractivity contribution >= 4 is 23.5 Å². The second-order valence-corrected chi connectivity index (χ2v) is 4.78. The predicted molar refractivity (Wildman–Crippen MR) is 70.3 cm³/mol. The van der Waals surface area contributed by atoms with Gasteiger partial charge in [0, 0.05) is 5.02 Å². The summed E-state index contributed by atoms with van der Waals surface area (Å²) in [7, 11) is 0. The first-order chi connectivity index (χ1) is 9.66. The molecule has 0 aromatic heterocycles. The molecular formula is C13H13ClF3NO3. The third-order valence-electron chi connectivity index (χ3n) is 2.71. The predicted octanol–water partition coefficient (Wildman–Crippen LogP) is 3.34. The van der Waals surface area contributed by atoms with Crippen molar-refractivity contribution in [2.75, 3.05) is 0 Å². The van der Waals surface area contributed by atoms with E-state index < -0.39 is 35.2 Å². The Labute approximate surface area is 123 Å². The summed E-state index contributed by atoms with van der Waals surface area (Å²) in [5, 5.41) is 10.8. The van der Waals surface area contributed by atoms with E-state index in [2.05, 4.69) is 5.32 Å². The van der Waals surface area contributed by atoms with E-state index in [1.54, 1.807) is 6.92 Å². The molecule has 1 unspecified atom stereocenters. The third kappa shape index (κ3) is 4.63. The summed E-state index contributed by atoms with van der Waals surface area (Å²) < 4.78 is 38.6. The number of halogens is 4. The van der Waals surface area contributed by atoms with E-state index in [1.807, 2.05) is 0 Å². The molecule has 0 aliphatic rings. The van der Waals surface area contributed by atoms with Crippen molar-refractivity contribution in [3.63, 3.8) is 0 Å². The van der Waals surface area contributed by atoms with Gasteiger partial charge in [0.15, 0.2) is 0 Å². The highest BCUT2D eigenvalue weighted by Crippen LogP contribution is 2.33. The third-order valence-corrected chi connectivity index (χ3v) is 2.95. The van der Waals surface area contributed by atoms with E-state index >= 15 is 0 Å². The van der Waals surface area contributed by atoms with Crippen molar-refractivity contribution in [1.29, 1.82) is 0 Å². The lowest BCUT2D eigenvalue weighted by atomic mass is 10.1. The molecule has 0 saturated carbocycles. The second-order valence-electron chi connectivity index (χ2n) is 4.34. The van der Waals surface area contributed by atoms with Crippen LogP contribution in [-0.4, -0.2) is 23.0 Å². The summed E-state index contributed by atoms with van der Waals surface area (Å²) in [6.45, 7) is 1.70. The zero-order valence-corrected chi connectivity index (χ0v) is 11.8. The van der Waals surface area contributed by atoms with Crippen LogP contribution in [0.4, 0.5) is 13.2 Å². The van der Waals surface area contributed by atoms with Crippen molar-refractivity contribution in [3.05, 3.63) is 34.3 Å². The van der Waals surface area contributed by atoms with Crippen molar-refractivity contribution in [1.82, 2.24) is 5.32 Å². The van der Waals surface area contributed by atoms with Gasteiger partial charge in [-0.15, -0.1) is 0 Å². The van der Waals surface area contributed by atoms with Crippen LogP contribution in [0.2, 0.25) is 5.02 Å². The number of carbonyl (C=O) groups is 2. The molecule has 2 N–H and O–H groups in total. The number of hydrogen-bond donors (Lipinski definition) is 2. The molecule has 0 aliphatic carbocycles. The number of aliphatic carboxylic acids is 1. The summed E-state index contributed by atoms with van der Waals surface area (Å²) >= 11 is 5.51. The zero-order valence-electron chi connectivity index (χ0n) is 11.0. The van der Waals surface area contributed by atoms with E-state index in [0.717, 1.165) is 12.1 Å². The van der Waals surface area contributed by atoms with E-state index in [1.165, 1.54) is 0 Å². The molecule has 0 saturated heterocycles. The van der Waals surface area contributed by atoms with Gasteiger partial charge in [0.2, 0.25) is 0 Å². The quantitative estimate of drug-likeness (QED) is 0.873. The van der Waals surface area contributed by atoms with Crippen molar-refractivity contribution in [3.8, 4) is 0 Å². The van der Waals surface area contributed by atoms with Gasteiger partial charge in [-0.25, -0.2) is 4.79 Å². The van der Waals surface area contributed by atoms with Crippen LogP contribution in [-0.2, 0) is 11.0 Å². The van der Waals surface area contributed by atoms with Crippen LogP contribution in [0, 0.1) is 0 Å². The summed E-state index contributed by atoms with van der Waals surface area (Å²) in [5.41, 5.74) is -1.86. The molecule has 0 aliphatic heterocycles.